The second-order valence-electron chi connectivity index (χ2n) is 4.91. The van der Waals surface area contributed by atoms with Crippen LogP contribution in [0.25, 0.3) is 0 Å². The van der Waals surface area contributed by atoms with Crippen molar-refractivity contribution in [2.75, 3.05) is 17.2 Å². The molecule has 0 bridgehead atoms. The van der Waals surface area contributed by atoms with Crippen molar-refractivity contribution >= 4 is 17.3 Å². The SMILES string of the molecule is Cc1ccc(C)c(NCC(=O)Nc2ccc(C#N)cc2)c1. The summed E-state index contributed by atoms with van der Waals surface area (Å²) in [6.07, 6.45) is 0. The highest BCUT2D eigenvalue weighted by Gasteiger charge is 2.04. The van der Waals surface area contributed by atoms with E-state index < -0.39 is 0 Å². The van der Waals surface area contributed by atoms with Gasteiger partial charge in [0.25, 0.3) is 0 Å². The Morgan fingerprint density at radius 3 is 2.52 bits per heavy atom. The van der Waals surface area contributed by atoms with Crippen LogP contribution in [0.1, 0.15) is 16.7 Å². The Balaban J connectivity index is 1.92. The normalized spacial score (nSPS) is 9.76. The highest BCUT2D eigenvalue weighted by Crippen LogP contribution is 2.16. The highest BCUT2D eigenvalue weighted by molar-refractivity contribution is 5.93. The first-order valence-electron chi connectivity index (χ1n) is 6.69. The minimum atomic E-state index is -0.124. The second kappa shape index (κ2) is 6.58. The van der Waals surface area contributed by atoms with Gasteiger partial charge in [0.05, 0.1) is 18.2 Å². The Labute approximate surface area is 124 Å². The molecule has 0 saturated carbocycles. The number of carbonyl (C=O) groups is 1. The highest BCUT2D eigenvalue weighted by atomic mass is 16.1. The maximum absolute atomic E-state index is 11.9. The lowest BCUT2D eigenvalue weighted by molar-refractivity contribution is -0.114. The Bertz CT molecular complexity index is 684. The molecule has 4 heteroatoms. The molecule has 0 aliphatic heterocycles. The third kappa shape index (κ3) is 4.08. The third-order valence-electron chi connectivity index (χ3n) is 3.13. The first-order valence-corrected chi connectivity index (χ1v) is 6.69. The number of hydrogen-bond acceptors (Lipinski definition) is 3. The first-order chi connectivity index (χ1) is 10.1. The van der Waals surface area contributed by atoms with Crippen LogP contribution in [-0.4, -0.2) is 12.5 Å². The fourth-order valence-corrected chi connectivity index (χ4v) is 1.94. The van der Waals surface area contributed by atoms with Crippen molar-refractivity contribution in [3.63, 3.8) is 0 Å². The van der Waals surface area contributed by atoms with E-state index >= 15 is 0 Å². The average Bonchev–Trinajstić information content (AvgIpc) is 2.49. The molecule has 0 unspecified atom stereocenters. The summed E-state index contributed by atoms with van der Waals surface area (Å²) in [6, 6.07) is 14.9. The zero-order chi connectivity index (χ0) is 15.2. The summed E-state index contributed by atoms with van der Waals surface area (Å²) in [5.41, 5.74) is 4.47. The van der Waals surface area contributed by atoms with Gasteiger partial charge in [0.2, 0.25) is 5.91 Å². The molecule has 2 aromatic rings. The van der Waals surface area contributed by atoms with Gasteiger partial charge in [-0.1, -0.05) is 12.1 Å². The maximum Gasteiger partial charge on any atom is 0.243 e. The molecule has 2 aromatic carbocycles. The van der Waals surface area contributed by atoms with Crippen LogP contribution in [0.2, 0.25) is 0 Å². The predicted octanol–water partition coefficient (Wildman–Crippen LogP) is 3.23. The van der Waals surface area contributed by atoms with Crippen LogP contribution in [0, 0.1) is 25.2 Å². The summed E-state index contributed by atoms with van der Waals surface area (Å²) in [4.78, 5) is 11.9. The lowest BCUT2D eigenvalue weighted by Crippen LogP contribution is -2.22. The van der Waals surface area contributed by atoms with E-state index in [0.29, 0.717) is 11.3 Å². The summed E-state index contributed by atoms with van der Waals surface area (Å²) in [6.45, 7) is 4.21. The molecule has 0 spiro atoms. The van der Waals surface area contributed by atoms with E-state index in [2.05, 4.69) is 10.6 Å². The molecule has 2 rings (SSSR count). The van der Waals surface area contributed by atoms with Crippen LogP contribution < -0.4 is 10.6 Å². The Morgan fingerprint density at radius 1 is 1.14 bits per heavy atom. The number of nitriles is 1. The van der Waals surface area contributed by atoms with Crippen LogP contribution in [0.3, 0.4) is 0 Å². The molecule has 4 nitrogen and oxygen atoms in total. The minimum absolute atomic E-state index is 0.124. The molecule has 0 radical (unpaired) electrons. The van der Waals surface area contributed by atoms with Crippen molar-refractivity contribution < 1.29 is 4.79 Å². The topological polar surface area (TPSA) is 64.9 Å². The molecule has 0 aliphatic carbocycles. The van der Waals surface area contributed by atoms with Gasteiger partial charge < -0.3 is 10.6 Å². The lowest BCUT2D eigenvalue weighted by atomic mass is 10.1. The predicted molar refractivity (Wildman–Crippen MR) is 84.2 cm³/mol. The summed E-state index contributed by atoms with van der Waals surface area (Å²) < 4.78 is 0. The molecule has 1 amide bonds. The lowest BCUT2D eigenvalue weighted by Gasteiger charge is -2.11. The van der Waals surface area contributed by atoms with Gasteiger partial charge in [-0.3, -0.25) is 4.79 Å². The van der Waals surface area contributed by atoms with Gasteiger partial charge in [0.15, 0.2) is 0 Å². The van der Waals surface area contributed by atoms with Gasteiger partial charge in [-0.15, -0.1) is 0 Å². The Kier molecular flexibility index (Phi) is 4.57. The number of aryl methyl sites for hydroxylation is 2. The van der Waals surface area contributed by atoms with Crippen LogP contribution in [0.4, 0.5) is 11.4 Å². The molecule has 0 aromatic heterocycles. The van der Waals surface area contributed by atoms with Gasteiger partial charge in [-0.25, -0.2) is 0 Å². The molecule has 0 heterocycles. The van der Waals surface area contributed by atoms with E-state index in [1.165, 1.54) is 0 Å². The van der Waals surface area contributed by atoms with Crippen LogP contribution in [0.15, 0.2) is 42.5 Å². The fraction of sp³-hybridized carbons (Fsp3) is 0.176. The molecule has 21 heavy (non-hydrogen) atoms. The number of nitrogens with one attached hydrogen (secondary N) is 2. The molecule has 0 saturated heterocycles. The summed E-state index contributed by atoms with van der Waals surface area (Å²) >= 11 is 0. The van der Waals surface area contributed by atoms with Crippen LogP contribution in [-0.2, 0) is 4.79 Å². The second-order valence-corrected chi connectivity index (χ2v) is 4.91. The van der Waals surface area contributed by atoms with E-state index in [1.807, 2.05) is 38.1 Å². The maximum atomic E-state index is 11.9. The van der Waals surface area contributed by atoms with Crippen molar-refractivity contribution in [2.24, 2.45) is 0 Å². The quantitative estimate of drug-likeness (QED) is 0.903. The zero-order valence-electron chi connectivity index (χ0n) is 12.1. The number of nitrogens with zero attached hydrogens (tertiary/aromatic N) is 1. The van der Waals surface area contributed by atoms with E-state index in [1.54, 1.807) is 24.3 Å². The zero-order valence-corrected chi connectivity index (χ0v) is 12.1. The average molecular weight is 279 g/mol. The standard InChI is InChI=1S/C17H17N3O/c1-12-3-4-13(2)16(9-12)19-11-17(21)20-15-7-5-14(10-18)6-8-15/h3-9,19H,11H2,1-2H3,(H,20,21). The summed E-state index contributed by atoms with van der Waals surface area (Å²) in [5, 5.41) is 14.6. The molecule has 0 fully saturated rings. The van der Waals surface area contributed by atoms with Crippen molar-refractivity contribution in [1.29, 1.82) is 5.26 Å². The first kappa shape index (κ1) is 14.6. The largest absolute Gasteiger partial charge is 0.376 e. The van der Waals surface area contributed by atoms with Gasteiger partial charge in [-0.05, 0) is 55.3 Å². The van der Waals surface area contributed by atoms with E-state index in [-0.39, 0.29) is 12.5 Å². The van der Waals surface area contributed by atoms with Crippen LogP contribution >= 0.6 is 0 Å². The number of hydrogen-bond donors (Lipinski definition) is 2. The summed E-state index contributed by atoms with van der Waals surface area (Å²) in [7, 11) is 0. The van der Waals surface area contributed by atoms with Crippen LogP contribution in [0.5, 0.6) is 0 Å². The minimum Gasteiger partial charge on any atom is -0.376 e. The number of carbonyl (C=O) groups excluding carboxylic acids is 1. The van der Waals surface area contributed by atoms with Crippen molar-refractivity contribution in [3.05, 3.63) is 59.2 Å². The number of amides is 1. The smallest absolute Gasteiger partial charge is 0.243 e. The Hall–Kier alpha value is -2.80. The van der Waals surface area contributed by atoms with E-state index in [4.69, 9.17) is 5.26 Å². The van der Waals surface area contributed by atoms with Gasteiger partial charge in [-0.2, -0.15) is 5.26 Å². The summed E-state index contributed by atoms with van der Waals surface area (Å²) in [5.74, 6) is -0.124. The molecular weight excluding hydrogens is 262 g/mol. The van der Waals surface area contributed by atoms with Gasteiger partial charge in [0.1, 0.15) is 0 Å². The van der Waals surface area contributed by atoms with E-state index in [0.717, 1.165) is 16.8 Å². The monoisotopic (exact) mass is 279 g/mol. The molecular formula is C17H17N3O. The van der Waals surface area contributed by atoms with E-state index in [9.17, 15) is 4.79 Å². The molecule has 0 aliphatic rings. The van der Waals surface area contributed by atoms with Gasteiger partial charge in [0, 0.05) is 11.4 Å². The fourth-order valence-electron chi connectivity index (χ4n) is 1.94. The van der Waals surface area contributed by atoms with Crippen molar-refractivity contribution in [1.82, 2.24) is 0 Å². The molecule has 2 N–H and O–H groups in total. The molecule has 106 valence electrons. The molecule has 0 atom stereocenters. The van der Waals surface area contributed by atoms with Gasteiger partial charge >= 0.3 is 0 Å². The van der Waals surface area contributed by atoms with Crippen molar-refractivity contribution in [2.45, 2.75) is 13.8 Å². The number of rotatable bonds is 4. The number of benzene rings is 2. The third-order valence-corrected chi connectivity index (χ3v) is 3.13. The Morgan fingerprint density at radius 2 is 1.86 bits per heavy atom. The van der Waals surface area contributed by atoms with Crippen molar-refractivity contribution in [3.8, 4) is 6.07 Å². The number of anilines is 2.